The van der Waals surface area contributed by atoms with Crippen molar-refractivity contribution in [1.29, 1.82) is 0 Å². The molecule has 0 saturated heterocycles. The van der Waals surface area contributed by atoms with Gasteiger partial charge in [-0.3, -0.25) is 0 Å². The Morgan fingerprint density at radius 3 is 3.00 bits per heavy atom. The molecule has 5 nitrogen and oxygen atoms in total. The summed E-state index contributed by atoms with van der Waals surface area (Å²) >= 11 is 4.37. The van der Waals surface area contributed by atoms with E-state index in [1.54, 1.807) is 6.07 Å². The van der Waals surface area contributed by atoms with Crippen LogP contribution in [-0.4, -0.2) is 23.2 Å². The van der Waals surface area contributed by atoms with E-state index in [9.17, 15) is 4.79 Å². The van der Waals surface area contributed by atoms with E-state index in [0.717, 1.165) is 15.8 Å². The molecule has 0 bridgehead atoms. The molecule has 0 aliphatic rings. The van der Waals surface area contributed by atoms with Crippen molar-refractivity contribution < 1.29 is 19.1 Å². The molecule has 17 heavy (non-hydrogen) atoms. The van der Waals surface area contributed by atoms with E-state index in [4.69, 9.17) is 14.3 Å². The Balaban J connectivity index is 2.47. The minimum absolute atomic E-state index is 0.163. The zero-order chi connectivity index (χ0) is 12.4. The zero-order valence-electron chi connectivity index (χ0n) is 8.77. The lowest BCUT2D eigenvalue weighted by molar-refractivity contribution is 0.0697. The Labute approximate surface area is 109 Å². The van der Waals surface area contributed by atoms with Gasteiger partial charge in [-0.1, -0.05) is 0 Å². The van der Waals surface area contributed by atoms with Crippen molar-refractivity contribution in [2.24, 2.45) is 0 Å². The van der Waals surface area contributed by atoms with Gasteiger partial charge < -0.3 is 14.3 Å². The van der Waals surface area contributed by atoms with Crippen molar-refractivity contribution in [2.45, 2.75) is 6.61 Å². The summed E-state index contributed by atoms with van der Waals surface area (Å²) < 4.78 is 10.9. The molecule has 0 saturated carbocycles. The number of carboxylic acid groups (broad SMARTS) is 1. The lowest BCUT2D eigenvalue weighted by atomic mass is 10.4. The van der Waals surface area contributed by atoms with E-state index >= 15 is 0 Å². The number of nitrogens with zero attached hydrogens (tertiary/aromatic N) is 1. The summed E-state index contributed by atoms with van der Waals surface area (Å²) in [5.74, 6) is -0.483. The summed E-state index contributed by atoms with van der Waals surface area (Å²) in [5, 5.41) is 9.56. The lowest BCUT2D eigenvalue weighted by Gasteiger charge is -1.94. The number of carbonyl (C=O) groups is 1. The van der Waals surface area contributed by atoms with Gasteiger partial charge in [0, 0.05) is 7.11 Å². The maximum atomic E-state index is 11.0. The van der Waals surface area contributed by atoms with Crippen LogP contribution in [0.25, 0.3) is 10.8 Å². The molecule has 0 radical (unpaired) electrons. The number of thiazole rings is 1. The van der Waals surface area contributed by atoms with Crippen molar-refractivity contribution in [1.82, 2.24) is 4.98 Å². The molecular formula is C10H8BrNO4S. The third-order valence-corrected chi connectivity index (χ3v) is 3.69. The number of halogens is 1. The van der Waals surface area contributed by atoms with Gasteiger partial charge in [0.25, 0.3) is 0 Å². The molecule has 90 valence electrons. The number of ether oxygens (including phenoxy) is 1. The van der Waals surface area contributed by atoms with Crippen molar-refractivity contribution >= 4 is 33.2 Å². The Morgan fingerprint density at radius 2 is 2.47 bits per heavy atom. The second-order valence-corrected chi connectivity index (χ2v) is 4.98. The van der Waals surface area contributed by atoms with Gasteiger partial charge in [0.2, 0.25) is 0 Å². The van der Waals surface area contributed by atoms with Crippen LogP contribution in [0.5, 0.6) is 0 Å². The summed E-state index contributed by atoms with van der Waals surface area (Å²) in [6, 6.07) is 1.73. The largest absolute Gasteiger partial charge is 0.477 e. The van der Waals surface area contributed by atoms with E-state index in [1.807, 2.05) is 0 Å². The predicted octanol–water partition coefficient (Wildman–Crippen LogP) is 3.01. The molecule has 1 N–H and O–H groups in total. The fourth-order valence-electron chi connectivity index (χ4n) is 1.30. The van der Waals surface area contributed by atoms with Crippen LogP contribution in [0.2, 0.25) is 0 Å². The maximum Gasteiger partial charge on any atom is 0.347 e. The Hall–Kier alpha value is -1.18. The quantitative estimate of drug-likeness (QED) is 0.938. The number of aromatic nitrogens is 1. The minimum Gasteiger partial charge on any atom is -0.477 e. The SMILES string of the molecule is COCc1nc(-c2occc2Br)sc1C(=O)O. The molecular weight excluding hydrogens is 310 g/mol. The second-order valence-electron chi connectivity index (χ2n) is 3.13. The summed E-state index contributed by atoms with van der Waals surface area (Å²) in [5.41, 5.74) is 0.406. The smallest absolute Gasteiger partial charge is 0.347 e. The number of rotatable bonds is 4. The summed E-state index contributed by atoms with van der Waals surface area (Å²) in [6.45, 7) is 0.163. The van der Waals surface area contributed by atoms with Crippen LogP contribution in [0.4, 0.5) is 0 Å². The van der Waals surface area contributed by atoms with Crippen LogP contribution in [0.15, 0.2) is 21.2 Å². The number of carboxylic acids is 1. The Bertz CT molecular complexity index is 548. The zero-order valence-corrected chi connectivity index (χ0v) is 11.2. The predicted molar refractivity (Wildman–Crippen MR) is 65.2 cm³/mol. The van der Waals surface area contributed by atoms with Crippen molar-refractivity contribution in [2.75, 3.05) is 7.11 Å². The molecule has 0 amide bonds. The summed E-state index contributed by atoms with van der Waals surface area (Å²) in [7, 11) is 1.49. The highest BCUT2D eigenvalue weighted by atomic mass is 79.9. The van der Waals surface area contributed by atoms with Crippen molar-refractivity contribution in [3.05, 3.63) is 27.4 Å². The van der Waals surface area contributed by atoms with Gasteiger partial charge >= 0.3 is 5.97 Å². The van der Waals surface area contributed by atoms with Gasteiger partial charge in [-0.05, 0) is 22.0 Å². The topological polar surface area (TPSA) is 72.6 Å². The standard InChI is InChI=1S/C10H8BrNO4S/c1-15-4-6-8(10(13)14)17-9(12-6)7-5(11)2-3-16-7/h2-3H,4H2,1H3,(H,13,14). The Morgan fingerprint density at radius 1 is 1.71 bits per heavy atom. The molecule has 7 heteroatoms. The lowest BCUT2D eigenvalue weighted by Crippen LogP contribution is -1.99. The van der Waals surface area contributed by atoms with Crippen LogP contribution in [0.3, 0.4) is 0 Å². The molecule has 0 aliphatic heterocycles. The highest BCUT2D eigenvalue weighted by molar-refractivity contribution is 9.10. The normalized spacial score (nSPS) is 10.7. The Kier molecular flexibility index (Phi) is 3.60. The third kappa shape index (κ3) is 2.41. The van der Waals surface area contributed by atoms with Gasteiger partial charge in [0.15, 0.2) is 10.8 Å². The monoisotopic (exact) mass is 317 g/mol. The molecule has 2 aromatic rings. The van der Waals surface area contributed by atoms with Gasteiger partial charge in [0.1, 0.15) is 4.88 Å². The van der Waals surface area contributed by atoms with E-state index in [-0.39, 0.29) is 11.5 Å². The first kappa shape index (κ1) is 12.3. The van der Waals surface area contributed by atoms with Gasteiger partial charge in [-0.25, -0.2) is 9.78 Å². The van der Waals surface area contributed by atoms with Gasteiger partial charge in [-0.15, -0.1) is 11.3 Å². The fourth-order valence-corrected chi connectivity index (χ4v) is 2.73. The van der Waals surface area contributed by atoms with Crippen LogP contribution in [0.1, 0.15) is 15.4 Å². The van der Waals surface area contributed by atoms with E-state index < -0.39 is 5.97 Å². The highest BCUT2D eigenvalue weighted by Crippen LogP contribution is 2.34. The minimum atomic E-state index is -1.01. The van der Waals surface area contributed by atoms with E-state index in [2.05, 4.69) is 20.9 Å². The molecule has 0 atom stereocenters. The average molecular weight is 318 g/mol. The number of hydrogen-bond donors (Lipinski definition) is 1. The van der Waals surface area contributed by atoms with Crippen LogP contribution >= 0.6 is 27.3 Å². The van der Waals surface area contributed by atoms with Crippen LogP contribution in [-0.2, 0) is 11.3 Å². The van der Waals surface area contributed by atoms with E-state index in [1.165, 1.54) is 13.4 Å². The van der Waals surface area contributed by atoms with Gasteiger partial charge in [0.05, 0.1) is 23.0 Å². The molecule has 0 aromatic carbocycles. The molecule has 2 aromatic heterocycles. The fraction of sp³-hybridized carbons (Fsp3) is 0.200. The second kappa shape index (κ2) is 4.99. The van der Waals surface area contributed by atoms with Crippen molar-refractivity contribution in [3.63, 3.8) is 0 Å². The molecule has 0 fully saturated rings. The van der Waals surface area contributed by atoms with Gasteiger partial charge in [-0.2, -0.15) is 0 Å². The molecule has 2 heterocycles. The number of furan rings is 1. The summed E-state index contributed by atoms with van der Waals surface area (Å²) in [6.07, 6.45) is 1.51. The number of hydrogen-bond acceptors (Lipinski definition) is 5. The third-order valence-electron chi connectivity index (χ3n) is 1.98. The van der Waals surface area contributed by atoms with Crippen LogP contribution in [0, 0.1) is 0 Å². The molecule has 2 rings (SSSR count). The first-order valence-electron chi connectivity index (χ1n) is 4.58. The highest BCUT2D eigenvalue weighted by Gasteiger charge is 2.20. The summed E-state index contributed by atoms with van der Waals surface area (Å²) in [4.78, 5) is 15.4. The average Bonchev–Trinajstić information content (AvgIpc) is 2.84. The van der Waals surface area contributed by atoms with Crippen molar-refractivity contribution in [3.8, 4) is 10.8 Å². The van der Waals surface area contributed by atoms with E-state index in [0.29, 0.717) is 16.5 Å². The molecule has 0 spiro atoms. The number of aromatic carboxylic acids is 1. The number of methoxy groups -OCH3 is 1. The van der Waals surface area contributed by atoms with Crippen LogP contribution < -0.4 is 0 Å². The first-order valence-corrected chi connectivity index (χ1v) is 6.19. The molecule has 0 aliphatic carbocycles. The first-order chi connectivity index (χ1) is 8.13. The molecule has 0 unspecified atom stereocenters. The maximum absolute atomic E-state index is 11.0.